The number of carbonyl (C=O) groups is 2. The molecule has 6 nitrogen and oxygen atoms in total. The summed E-state index contributed by atoms with van der Waals surface area (Å²) in [6.45, 7) is 5.19. The third-order valence-electron chi connectivity index (χ3n) is 5.07. The maximum absolute atomic E-state index is 13.1. The molecule has 3 atom stereocenters. The van der Waals surface area contributed by atoms with Gasteiger partial charge in [-0.2, -0.15) is 0 Å². The second-order valence-corrected chi connectivity index (χ2v) is 7.54. The smallest absolute Gasteiger partial charge is 0.417 e. The van der Waals surface area contributed by atoms with Gasteiger partial charge in [0.15, 0.2) is 0 Å². The summed E-state index contributed by atoms with van der Waals surface area (Å²) in [5.74, 6) is -0.707. The molecule has 1 aliphatic heterocycles. The molecule has 3 rings (SSSR count). The molecule has 1 aliphatic rings. The first-order chi connectivity index (χ1) is 13.3. The minimum absolute atomic E-state index is 0.460. The lowest BCUT2D eigenvalue weighted by Crippen LogP contribution is -2.49. The van der Waals surface area contributed by atoms with Gasteiger partial charge in [-0.25, -0.2) is 9.69 Å². The first kappa shape index (κ1) is 19.9. The van der Waals surface area contributed by atoms with Crippen molar-refractivity contribution in [3.05, 3.63) is 66.1 Å². The number of aliphatic hydroxyl groups is 1. The molecule has 0 radical (unpaired) electrons. The number of hydrogen-bond donors (Lipinski definition) is 1. The van der Waals surface area contributed by atoms with Gasteiger partial charge >= 0.3 is 6.09 Å². The van der Waals surface area contributed by atoms with Gasteiger partial charge in [0.05, 0.1) is 24.3 Å². The number of cyclic esters (lactones) is 1. The fraction of sp³-hybridized carbons (Fsp3) is 0.364. The fourth-order valence-corrected chi connectivity index (χ4v) is 3.31. The van der Waals surface area contributed by atoms with E-state index in [0.29, 0.717) is 12.2 Å². The van der Waals surface area contributed by atoms with Gasteiger partial charge in [-0.3, -0.25) is 4.79 Å². The van der Waals surface area contributed by atoms with E-state index in [1.54, 1.807) is 39.0 Å². The summed E-state index contributed by atoms with van der Waals surface area (Å²) in [6, 6.07) is 12.7. The molecule has 148 valence electrons. The average Bonchev–Trinajstić information content (AvgIpc) is 3.25. The highest BCUT2D eigenvalue weighted by Gasteiger charge is 2.51. The topological polar surface area (TPSA) is 80.0 Å². The first-order valence-corrected chi connectivity index (χ1v) is 9.29. The van der Waals surface area contributed by atoms with E-state index in [1.165, 1.54) is 12.3 Å². The van der Waals surface area contributed by atoms with Crippen LogP contribution in [-0.4, -0.2) is 39.8 Å². The van der Waals surface area contributed by atoms with Crippen molar-refractivity contribution in [1.29, 1.82) is 0 Å². The minimum atomic E-state index is -1.06. The Hall–Kier alpha value is -2.86. The number of hydrogen-bond acceptors (Lipinski definition) is 5. The Bertz CT molecular complexity index is 841. The van der Waals surface area contributed by atoms with Crippen LogP contribution < -0.4 is 0 Å². The normalized spacial score (nSPS) is 20.9. The van der Waals surface area contributed by atoms with Crippen LogP contribution in [0.15, 0.2) is 59.2 Å². The number of rotatable bonds is 6. The van der Waals surface area contributed by atoms with Crippen LogP contribution in [0.25, 0.3) is 6.08 Å². The molecule has 1 N–H and O–H groups in total. The summed E-state index contributed by atoms with van der Waals surface area (Å²) in [5.41, 5.74) is 0.180. The van der Waals surface area contributed by atoms with Crippen molar-refractivity contribution >= 4 is 18.1 Å². The quantitative estimate of drug-likeness (QED) is 0.823. The summed E-state index contributed by atoms with van der Waals surface area (Å²) in [4.78, 5) is 26.7. The third kappa shape index (κ3) is 4.17. The third-order valence-corrected chi connectivity index (χ3v) is 5.07. The van der Waals surface area contributed by atoms with E-state index in [2.05, 4.69) is 0 Å². The summed E-state index contributed by atoms with van der Waals surface area (Å²) in [7, 11) is 0. The Morgan fingerprint density at radius 1 is 1.25 bits per heavy atom. The van der Waals surface area contributed by atoms with E-state index >= 15 is 0 Å². The van der Waals surface area contributed by atoms with Gasteiger partial charge in [-0.1, -0.05) is 43.3 Å². The van der Waals surface area contributed by atoms with Crippen LogP contribution in [0.3, 0.4) is 0 Å². The zero-order valence-corrected chi connectivity index (χ0v) is 16.2. The Labute approximate surface area is 164 Å². The maximum Gasteiger partial charge on any atom is 0.417 e. The number of nitrogens with zero attached hydrogens (tertiary/aromatic N) is 1. The van der Waals surface area contributed by atoms with Gasteiger partial charge in [-0.15, -0.1) is 0 Å². The highest BCUT2D eigenvalue weighted by atomic mass is 16.6. The van der Waals surface area contributed by atoms with Gasteiger partial charge in [0.25, 0.3) is 0 Å². The minimum Gasteiger partial charge on any atom is -0.465 e. The van der Waals surface area contributed by atoms with Crippen molar-refractivity contribution in [1.82, 2.24) is 4.90 Å². The van der Waals surface area contributed by atoms with Crippen LogP contribution in [0.4, 0.5) is 4.79 Å². The van der Waals surface area contributed by atoms with Crippen molar-refractivity contribution in [2.75, 3.05) is 0 Å². The Kier molecular flexibility index (Phi) is 5.70. The number of benzene rings is 1. The number of furan rings is 1. The standard InChI is InChI=1S/C22H25NO5/c1-15(18(24)12-11-17-10-7-13-27-17)20(25)23-19(22(2,3)28-21(23)26)14-16-8-5-4-6-9-16/h4-13,15,18-19,24H,14H2,1-3H3/b12-11+/t15-,18+,19-/m0/s1. The van der Waals surface area contributed by atoms with E-state index < -0.39 is 35.7 Å². The highest BCUT2D eigenvalue weighted by Crippen LogP contribution is 2.33. The fourth-order valence-electron chi connectivity index (χ4n) is 3.31. The molecular weight excluding hydrogens is 358 g/mol. The molecule has 1 aromatic carbocycles. The van der Waals surface area contributed by atoms with Crippen molar-refractivity contribution < 1.29 is 23.8 Å². The molecule has 1 aromatic heterocycles. The van der Waals surface area contributed by atoms with Crippen molar-refractivity contribution in [3.8, 4) is 0 Å². The second kappa shape index (κ2) is 8.02. The lowest BCUT2D eigenvalue weighted by atomic mass is 9.91. The molecule has 6 heteroatoms. The zero-order chi connectivity index (χ0) is 20.3. The number of ether oxygens (including phenoxy) is 1. The van der Waals surface area contributed by atoms with Crippen molar-refractivity contribution in [2.24, 2.45) is 5.92 Å². The van der Waals surface area contributed by atoms with Crippen LogP contribution in [0.2, 0.25) is 0 Å². The zero-order valence-electron chi connectivity index (χ0n) is 16.2. The van der Waals surface area contributed by atoms with Gasteiger partial charge in [-0.05, 0) is 44.0 Å². The number of imide groups is 1. The largest absolute Gasteiger partial charge is 0.465 e. The van der Waals surface area contributed by atoms with E-state index in [1.807, 2.05) is 30.3 Å². The summed E-state index contributed by atoms with van der Waals surface area (Å²) >= 11 is 0. The summed E-state index contributed by atoms with van der Waals surface area (Å²) < 4.78 is 10.7. The first-order valence-electron chi connectivity index (χ1n) is 9.29. The Balaban J connectivity index is 1.78. The Morgan fingerprint density at radius 2 is 1.96 bits per heavy atom. The highest BCUT2D eigenvalue weighted by molar-refractivity contribution is 5.95. The lowest BCUT2D eigenvalue weighted by Gasteiger charge is -2.30. The molecule has 0 aliphatic carbocycles. The number of carbonyl (C=O) groups excluding carboxylic acids is 2. The molecular formula is C22H25NO5. The van der Waals surface area contributed by atoms with E-state index in [-0.39, 0.29) is 0 Å². The van der Waals surface area contributed by atoms with Crippen molar-refractivity contribution in [3.63, 3.8) is 0 Å². The molecule has 2 aromatic rings. The molecule has 2 amide bonds. The SMILES string of the molecule is C[C@H](C(=O)N1C(=O)OC(C)(C)[C@@H]1Cc1ccccc1)[C@H](O)/C=C/c1ccco1. The average molecular weight is 383 g/mol. The van der Waals surface area contributed by atoms with E-state index in [0.717, 1.165) is 10.5 Å². The lowest BCUT2D eigenvalue weighted by molar-refractivity contribution is -0.135. The van der Waals surface area contributed by atoms with Crippen LogP contribution in [0.5, 0.6) is 0 Å². The van der Waals surface area contributed by atoms with Gasteiger partial charge in [0.1, 0.15) is 11.4 Å². The van der Waals surface area contributed by atoms with Crippen LogP contribution in [0, 0.1) is 5.92 Å². The van der Waals surface area contributed by atoms with Crippen LogP contribution in [0.1, 0.15) is 32.1 Å². The number of aliphatic hydroxyl groups excluding tert-OH is 1. The van der Waals surface area contributed by atoms with Gasteiger partial charge in [0, 0.05) is 0 Å². The molecule has 2 heterocycles. The molecule has 0 spiro atoms. The maximum atomic E-state index is 13.1. The van der Waals surface area contributed by atoms with Gasteiger partial charge in [0.2, 0.25) is 5.91 Å². The van der Waals surface area contributed by atoms with Gasteiger partial charge < -0.3 is 14.3 Å². The predicted octanol–water partition coefficient (Wildman–Crippen LogP) is 3.66. The molecule has 1 saturated heterocycles. The second-order valence-electron chi connectivity index (χ2n) is 7.54. The van der Waals surface area contributed by atoms with Crippen LogP contribution >= 0.6 is 0 Å². The van der Waals surface area contributed by atoms with Crippen molar-refractivity contribution in [2.45, 2.75) is 44.9 Å². The molecule has 1 fully saturated rings. The molecule has 28 heavy (non-hydrogen) atoms. The Morgan fingerprint density at radius 3 is 2.61 bits per heavy atom. The van der Waals surface area contributed by atoms with E-state index in [9.17, 15) is 14.7 Å². The summed E-state index contributed by atoms with van der Waals surface area (Å²) in [5, 5.41) is 10.4. The molecule has 0 saturated carbocycles. The number of amides is 2. The monoisotopic (exact) mass is 383 g/mol. The predicted molar refractivity (Wildman–Crippen MR) is 104 cm³/mol. The molecule has 0 bridgehead atoms. The summed E-state index contributed by atoms with van der Waals surface area (Å²) in [6.07, 6.45) is 3.35. The van der Waals surface area contributed by atoms with E-state index in [4.69, 9.17) is 9.15 Å². The molecule has 0 unspecified atom stereocenters. The van der Waals surface area contributed by atoms with Crippen LogP contribution in [-0.2, 0) is 16.0 Å².